The number of hydrogen-bond donors (Lipinski definition) is 2. The van der Waals surface area contributed by atoms with E-state index < -0.39 is 10.0 Å². The number of sulfonamides is 1. The van der Waals surface area contributed by atoms with Crippen LogP contribution in [-0.4, -0.2) is 8.42 Å². The minimum atomic E-state index is -3.94. The SMILES string of the molecule is N#Cc1ccc(Cl)c(NS(=O)(=O)c2ccc(N)cc2Cl)c1. The molecule has 5 nitrogen and oxygen atoms in total. The van der Waals surface area contributed by atoms with Crippen LogP contribution in [0.3, 0.4) is 0 Å². The first-order valence-electron chi connectivity index (χ1n) is 5.61. The quantitative estimate of drug-likeness (QED) is 0.837. The molecule has 0 aliphatic rings. The fraction of sp³-hybridized carbons (Fsp3) is 0. The molecule has 8 heteroatoms. The molecule has 108 valence electrons. The Hall–Kier alpha value is -1.94. The van der Waals surface area contributed by atoms with Gasteiger partial charge in [0.25, 0.3) is 10.0 Å². The van der Waals surface area contributed by atoms with E-state index in [0.717, 1.165) is 0 Å². The van der Waals surface area contributed by atoms with E-state index in [1.54, 1.807) is 0 Å². The van der Waals surface area contributed by atoms with Crippen LogP contribution in [0.1, 0.15) is 5.56 Å². The number of rotatable bonds is 3. The minimum Gasteiger partial charge on any atom is -0.399 e. The highest BCUT2D eigenvalue weighted by Gasteiger charge is 2.19. The number of benzene rings is 2. The first-order chi connectivity index (χ1) is 9.83. The maximum atomic E-state index is 12.3. The van der Waals surface area contributed by atoms with Gasteiger partial charge in [0.15, 0.2) is 0 Å². The molecule has 0 atom stereocenters. The highest BCUT2D eigenvalue weighted by Crippen LogP contribution is 2.29. The van der Waals surface area contributed by atoms with Gasteiger partial charge in [-0.2, -0.15) is 5.26 Å². The number of hydrogen-bond acceptors (Lipinski definition) is 4. The van der Waals surface area contributed by atoms with Crippen molar-refractivity contribution in [1.82, 2.24) is 0 Å². The lowest BCUT2D eigenvalue weighted by atomic mass is 10.2. The largest absolute Gasteiger partial charge is 0.399 e. The first kappa shape index (κ1) is 15.4. The summed E-state index contributed by atoms with van der Waals surface area (Å²) in [7, 11) is -3.94. The minimum absolute atomic E-state index is 0.00457. The summed E-state index contributed by atoms with van der Waals surface area (Å²) in [6.07, 6.45) is 0. The van der Waals surface area contributed by atoms with E-state index >= 15 is 0 Å². The van der Waals surface area contributed by atoms with Crippen LogP contribution < -0.4 is 10.5 Å². The van der Waals surface area contributed by atoms with E-state index in [1.807, 2.05) is 6.07 Å². The van der Waals surface area contributed by atoms with Crippen molar-refractivity contribution >= 4 is 44.6 Å². The molecule has 0 saturated heterocycles. The van der Waals surface area contributed by atoms with Gasteiger partial charge in [0, 0.05) is 5.69 Å². The van der Waals surface area contributed by atoms with Gasteiger partial charge in [0.2, 0.25) is 0 Å². The topological polar surface area (TPSA) is 96.0 Å². The molecule has 0 fully saturated rings. The molecule has 0 spiro atoms. The second kappa shape index (κ2) is 5.82. The fourth-order valence-electron chi connectivity index (χ4n) is 1.61. The number of anilines is 2. The Bertz CT molecular complexity index is 845. The standard InChI is InChI=1S/C13H9Cl2N3O2S/c14-10-3-1-8(7-16)5-12(10)18-21(19,20)13-4-2-9(17)6-11(13)15/h1-6,18H,17H2. The Kier molecular flexibility index (Phi) is 4.28. The van der Waals surface area contributed by atoms with Crippen LogP contribution >= 0.6 is 23.2 Å². The lowest BCUT2D eigenvalue weighted by Gasteiger charge is -2.11. The number of nitriles is 1. The molecule has 0 heterocycles. The van der Waals surface area contributed by atoms with Crippen LogP contribution in [0.15, 0.2) is 41.3 Å². The van der Waals surface area contributed by atoms with Gasteiger partial charge in [-0.1, -0.05) is 23.2 Å². The van der Waals surface area contributed by atoms with E-state index in [1.165, 1.54) is 36.4 Å². The van der Waals surface area contributed by atoms with Crippen LogP contribution in [0, 0.1) is 11.3 Å². The molecular weight excluding hydrogens is 333 g/mol. The van der Waals surface area contributed by atoms with Crippen LogP contribution in [-0.2, 0) is 10.0 Å². The van der Waals surface area contributed by atoms with Crippen molar-refractivity contribution in [3.63, 3.8) is 0 Å². The van der Waals surface area contributed by atoms with Gasteiger partial charge in [-0.15, -0.1) is 0 Å². The summed E-state index contributed by atoms with van der Waals surface area (Å²) < 4.78 is 26.9. The first-order valence-corrected chi connectivity index (χ1v) is 7.85. The maximum Gasteiger partial charge on any atom is 0.263 e. The average Bonchev–Trinajstić information content (AvgIpc) is 2.40. The van der Waals surface area contributed by atoms with Crippen LogP contribution in [0.2, 0.25) is 10.0 Å². The third-order valence-corrected chi connectivity index (χ3v) is 4.76. The molecule has 0 amide bonds. The molecule has 0 saturated carbocycles. The van der Waals surface area contributed by atoms with Gasteiger partial charge in [0.1, 0.15) is 4.90 Å². The van der Waals surface area contributed by atoms with E-state index in [0.29, 0.717) is 5.69 Å². The third-order valence-electron chi connectivity index (χ3n) is 2.59. The lowest BCUT2D eigenvalue weighted by Crippen LogP contribution is -2.14. The van der Waals surface area contributed by atoms with Gasteiger partial charge in [-0.05, 0) is 36.4 Å². The van der Waals surface area contributed by atoms with Crippen molar-refractivity contribution in [3.8, 4) is 6.07 Å². The van der Waals surface area contributed by atoms with Crippen molar-refractivity contribution in [3.05, 3.63) is 52.0 Å². The number of nitrogen functional groups attached to an aromatic ring is 1. The summed E-state index contributed by atoms with van der Waals surface area (Å²) in [4.78, 5) is -0.128. The molecule has 0 aromatic heterocycles. The van der Waals surface area contributed by atoms with Crippen molar-refractivity contribution in [2.45, 2.75) is 4.90 Å². The van der Waals surface area contributed by atoms with Gasteiger partial charge < -0.3 is 5.73 Å². The Morgan fingerprint density at radius 1 is 1.10 bits per heavy atom. The zero-order chi connectivity index (χ0) is 15.6. The predicted molar refractivity (Wildman–Crippen MR) is 82.8 cm³/mol. The van der Waals surface area contributed by atoms with Gasteiger partial charge in [0.05, 0.1) is 27.4 Å². The number of nitrogens with two attached hydrogens (primary N) is 1. The zero-order valence-corrected chi connectivity index (χ0v) is 12.8. The van der Waals surface area contributed by atoms with Gasteiger partial charge in [-0.3, -0.25) is 4.72 Å². The zero-order valence-electron chi connectivity index (χ0n) is 10.5. The Morgan fingerprint density at radius 3 is 2.43 bits per heavy atom. The number of nitrogens with one attached hydrogen (secondary N) is 1. The third kappa shape index (κ3) is 3.39. The molecular formula is C13H9Cl2N3O2S. The van der Waals surface area contributed by atoms with Crippen molar-refractivity contribution in [2.75, 3.05) is 10.5 Å². The normalized spacial score (nSPS) is 10.9. The second-order valence-corrected chi connectivity index (χ2v) is 6.57. The molecule has 2 aromatic rings. The summed E-state index contributed by atoms with van der Waals surface area (Å²) in [5.41, 5.74) is 6.26. The molecule has 2 aromatic carbocycles. The molecule has 0 aliphatic heterocycles. The summed E-state index contributed by atoms with van der Waals surface area (Å²) in [6, 6.07) is 10.2. The van der Waals surface area contributed by atoms with Crippen molar-refractivity contribution in [1.29, 1.82) is 5.26 Å². The second-order valence-electron chi connectivity index (χ2n) is 4.10. The fourth-order valence-corrected chi connectivity index (χ4v) is 3.45. The van der Waals surface area contributed by atoms with E-state index in [4.69, 9.17) is 34.2 Å². The molecule has 0 aliphatic carbocycles. The number of nitrogens with zero attached hydrogens (tertiary/aromatic N) is 1. The van der Waals surface area contributed by atoms with Crippen molar-refractivity contribution < 1.29 is 8.42 Å². The van der Waals surface area contributed by atoms with Crippen molar-refractivity contribution in [2.24, 2.45) is 0 Å². The van der Waals surface area contributed by atoms with Gasteiger partial charge >= 0.3 is 0 Å². The smallest absolute Gasteiger partial charge is 0.263 e. The molecule has 0 bridgehead atoms. The molecule has 3 N–H and O–H groups in total. The molecule has 21 heavy (non-hydrogen) atoms. The van der Waals surface area contributed by atoms with Crippen LogP contribution in [0.25, 0.3) is 0 Å². The van der Waals surface area contributed by atoms with E-state index in [-0.39, 0.29) is 26.2 Å². The summed E-state index contributed by atoms with van der Waals surface area (Å²) in [5, 5.41) is 9.00. The highest BCUT2D eigenvalue weighted by atomic mass is 35.5. The molecule has 0 radical (unpaired) electrons. The van der Waals surface area contributed by atoms with Crippen LogP contribution in [0.4, 0.5) is 11.4 Å². The highest BCUT2D eigenvalue weighted by molar-refractivity contribution is 7.92. The summed E-state index contributed by atoms with van der Waals surface area (Å²) >= 11 is 11.8. The Morgan fingerprint density at radius 2 is 1.81 bits per heavy atom. The Balaban J connectivity index is 2.45. The predicted octanol–water partition coefficient (Wildman–Crippen LogP) is 3.25. The molecule has 2 rings (SSSR count). The maximum absolute atomic E-state index is 12.3. The summed E-state index contributed by atoms with van der Waals surface area (Å²) in [6.45, 7) is 0. The number of halogens is 2. The van der Waals surface area contributed by atoms with Gasteiger partial charge in [-0.25, -0.2) is 8.42 Å². The van der Waals surface area contributed by atoms with E-state index in [9.17, 15) is 8.42 Å². The van der Waals surface area contributed by atoms with E-state index in [2.05, 4.69) is 4.72 Å². The lowest BCUT2D eigenvalue weighted by molar-refractivity contribution is 0.601. The Labute approximate surface area is 132 Å². The monoisotopic (exact) mass is 341 g/mol. The molecule has 0 unspecified atom stereocenters. The van der Waals surface area contributed by atoms with Crippen LogP contribution in [0.5, 0.6) is 0 Å². The summed E-state index contributed by atoms with van der Waals surface area (Å²) in [5.74, 6) is 0. The average molecular weight is 342 g/mol.